The molecule has 0 aromatic rings. The zero-order valence-corrected chi connectivity index (χ0v) is 15.4. The lowest BCUT2D eigenvalue weighted by Gasteiger charge is -2.38. The summed E-state index contributed by atoms with van der Waals surface area (Å²) < 4.78 is 0. The highest BCUT2D eigenvalue weighted by Crippen LogP contribution is 2.67. The van der Waals surface area contributed by atoms with Gasteiger partial charge in [0.15, 0.2) is 0 Å². The van der Waals surface area contributed by atoms with Gasteiger partial charge in [0.1, 0.15) is 0 Å². The van der Waals surface area contributed by atoms with E-state index >= 15 is 0 Å². The predicted octanol–water partition coefficient (Wildman–Crippen LogP) is 6.26. The quantitative estimate of drug-likeness (QED) is 0.415. The molecule has 2 aliphatic heterocycles. The minimum atomic E-state index is 0.310. The van der Waals surface area contributed by atoms with Crippen molar-refractivity contribution >= 4 is 15.8 Å². The summed E-state index contributed by atoms with van der Waals surface area (Å²) in [5, 5.41) is 0.615. The third-order valence-corrected chi connectivity index (χ3v) is 12.6. The zero-order chi connectivity index (χ0) is 13.9. The topological polar surface area (TPSA) is 0 Å². The second kappa shape index (κ2) is 7.22. The molecule has 0 amide bonds. The number of hydrogen-bond donors (Lipinski definition) is 0. The average Bonchev–Trinajstić information content (AvgIpc) is 2.95. The maximum absolute atomic E-state index is 2.52. The van der Waals surface area contributed by atoms with Crippen molar-refractivity contribution in [2.75, 3.05) is 18.5 Å². The molecule has 19 heavy (non-hydrogen) atoms. The van der Waals surface area contributed by atoms with Crippen LogP contribution in [0, 0.1) is 0 Å². The lowest BCUT2D eigenvalue weighted by atomic mass is 10.1. The van der Waals surface area contributed by atoms with Gasteiger partial charge in [-0.3, -0.25) is 0 Å². The first-order chi connectivity index (χ1) is 9.04. The van der Waals surface area contributed by atoms with Crippen molar-refractivity contribution in [3.8, 4) is 0 Å². The monoisotopic (exact) mass is 300 g/mol. The predicted molar refractivity (Wildman–Crippen MR) is 93.8 cm³/mol. The molecule has 0 unspecified atom stereocenters. The van der Waals surface area contributed by atoms with Crippen LogP contribution in [0.2, 0.25) is 0 Å². The van der Waals surface area contributed by atoms with Crippen LogP contribution < -0.4 is 0 Å². The summed E-state index contributed by atoms with van der Waals surface area (Å²) in [7, 11) is 0.722. The Labute approximate surface area is 124 Å². The third kappa shape index (κ3) is 4.17. The van der Waals surface area contributed by atoms with Crippen LogP contribution in [0.5, 0.6) is 0 Å². The number of rotatable bonds is 5. The first-order valence-electron chi connectivity index (χ1n) is 8.55. The van der Waals surface area contributed by atoms with Crippen molar-refractivity contribution in [1.29, 1.82) is 0 Å². The number of hydrogen-bond acceptors (Lipinski definition) is 0. The van der Waals surface area contributed by atoms with Gasteiger partial charge in [0, 0.05) is 0 Å². The Hall–Kier alpha value is 0.860. The first kappa shape index (κ1) is 16.2. The second-order valence-electron chi connectivity index (χ2n) is 7.53. The van der Waals surface area contributed by atoms with Gasteiger partial charge in [0.2, 0.25) is 0 Å². The molecule has 0 saturated carbocycles. The third-order valence-electron chi connectivity index (χ3n) is 5.07. The van der Waals surface area contributed by atoms with E-state index in [9.17, 15) is 0 Å². The van der Waals surface area contributed by atoms with Crippen LogP contribution in [0.25, 0.3) is 0 Å². The van der Waals surface area contributed by atoms with E-state index in [4.69, 9.17) is 0 Å². The van der Waals surface area contributed by atoms with Crippen molar-refractivity contribution in [1.82, 2.24) is 0 Å². The summed E-state index contributed by atoms with van der Waals surface area (Å²) in [5.74, 6) is 0. The normalized spacial score (nSPS) is 36.0. The zero-order valence-electron chi connectivity index (χ0n) is 13.6. The summed E-state index contributed by atoms with van der Waals surface area (Å²) in [5.41, 5.74) is 2.34. The summed E-state index contributed by atoms with van der Waals surface area (Å²) in [6.07, 6.45) is 15.5. The molecule has 0 spiro atoms. The van der Waals surface area contributed by atoms with E-state index in [0.717, 1.165) is 5.66 Å². The van der Waals surface area contributed by atoms with Crippen LogP contribution in [-0.4, -0.2) is 35.0 Å². The van der Waals surface area contributed by atoms with Crippen LogP contribution in [0.15, 0.2) is 0 Å². The van der Waals surface area contributed by atoms with Gasteiger partial charge in [-0.05, 0) is 67.1 Å². The molecule has 0 aliphatic carbocycles. The van der Waals surface area contributed by atoms with Crippen LogP contribution in [0.1, 0.15) is 72.6 Å². The van der Waals surface area contributed by atoms with E-state index < -0.39 is 0 Å². The van der Waals surface area contributed by atoms with Crippen LogP contribution >= 0.6 is 15.8 Å². The van der Waals surface area contributed by atoms with Crippen LogP contribution in [-0.2, 0) is 0 Å². The Balaban J connectivity index is 1.95. The highest BCUT2D eigenvalue weighted by Gasteiger charge is 2.43. The Morgan fingerprint density at radius 3 is 2.32 bits per heavy atom. The van der Waals surface area contributed by atoms with Crippen molar-refractivity contribution in [2.24, 2.45) is 0 Å². The van der Waals surface area contributed by atoms with Crippen molar-refractivity contribution < 1.29 is 0 Å². The fourth-order valence-electron chi connectivity index (χ4n) is 4.16. The van der Waals surface area contributed by atoms with Crippen molar-refractivity contribution in [3.05, 3.63) is 0 Å². The van der Waals surface area contributed by atoms with Gasteiger partial charge in [0.05, 0.1) is 0 Å². The molecule has 0 bridgehead atoms. The van der Waals surface area contributed by atoms with Gasteiger partial charge in [0.25, 0.3) is 0 Å². The molecule has 2 aliphatic rings. The van der Waals surface area contributed by atoms with E-state index in [2.05, 4.69) is 27.7 Å². The standard InChI is InChI=1S/C17H34P2/c1-5-6-7-12-18-13-8-10-15(18)16-11-9-14-19(16)17(2,3)4/h15-16H,5-14H2,1-4H3/t15-,16-,18+,19+/m1/s1. The highest BCUT2D eigenvalue weighted by molar-refractivity contribution is 7.64. The Morgan fingerprint density at radius 2 is 1.63 bits per heavy atom. The lowest BCUT2D eigenvalue weighted by Crippen LogP contribution is -2.25. The molecule has 0 N–H and O–H groups in total. The van der Waals surface area contributed by atoms with Crippen LogP contribution in [0.3, 0.4) is 0 Å². The van der Waals surface area contributed by atoms with Gasteiger partial charge < -0.3 is 0 Å². The van der Waals surface area contributed by atoms with Gasteiger partial charge in [-0.1, -0.05) is 48.5 Å². The number of unbranched alkanes of at least 4 members (excludes halogenated alkanes) is 2. The van der Waals surface area contributed by atoms with Gasteiger partial charge in [-0.15, -0.1) is 7.92 Å². The highest BCUT2D eigenvalue weighted by atomic mass is 31.1. The lowest BCUT2D eigenvalue weighted by molar-refractivity contribution is 0.680. The van der Waals surface area contributed by atoms with Gasteiger partial charge >= 0.3 is 0 Å². The van der Waals surface area contributed by atoms with Crippen LogP contribution in [0.4, 0.5) is 0 Å². The molecular weight excluding hydrogens is 266 g/mol. The summed E-state index contributed by atoms with van der Waals surface area (Å²) in [4.78, 5) is 0. The maximum atomic E-state index is 2.52. The van der Waals surface area contributed by atoms with Gasteiger partial charge in [-0.2, -0.15) is 0 Å². The van der Waals surface area contributed by atoms with E-state index in [1.165, 1.54) is 24.9 Å². The summed E-state index contributed by atoms with van der Waals surface area (Å²) >= 11 is 0. The fourth-order valence-corrected chi connectivity index (χ4v) is 12.1. The largest absolute Gasteiger partial charge is 0.103 e. The average molecular weight is 300 g/mol. The van der Waals surface area contributed by atoms with Crippen molar-refractivity contribution in [3.63, 3.8) is 0 Å². The van der Waals surface area contributed by atoms with Crippen molar-refractivity contribution in [2.45, 2.75) is 89.1 Å². The molecule has 0 aromatic heterocycles. The molecule has 4 atom stereocenters. The Kier molecular flexibility index (Phi) is 6.17. The minimum Gasteiger partial charge on any atom is -0.103 e. The maximum Gasteiger partial charge on any atom is -0.0137 e. The molecule has 0 radical (unpaired) electrons. The first-order valence-corrected chi connectivity index (χ1v) is 11.9. The molecule has 2 heteroatoms. The molecule has 2 rings (SSSR count). The molecule has 112 valence electrons. The van der Waals surface area contributed by atoms with E-state index in [0.29, 0.717) is 21.0 Å². The molecule has 2 saturated heterocycles. The fraction of sp³-hybridized carbons (Fsp3) is 1.00. The van der Waals surface area contributed by atoms with Gasteiger partial charge in [-0.25, -0.2) is 0 Å². The second-order valence-corrected chi connectivity index (χ2v) is 13.7. The molecular formula is C17H34P2. The van der Waals surface area contributed by atoms with E-state index in [1.54, 1.807) is 44.2 Å². The molecule has 2 heterocycles. The van der Waals surface area contributed by atoms with E-state index in [-0.39, 0.29) is 0 Å². The Bertz CT molecular complexity index is 269. The molecule has 2 fully saturated rings. The SMILES string of the molecule is CCCCC[P@@]1CCC[C@@H]1[C@H]1CCC[P@]1C(C)(C)C. The summed E-state index contributed by atoms with van der Waals surface area (Å²) in [6, 6.07) is 0. The molecule has 0 aromatic carbocycles. The Morgan fingerprint density at radius 1 is 0.947 bits per heavy atom. The van der Waals surface area contributed by atoms with E-state index in [1.807, 2.05) is 0 Å². The smallest absolute Gasteiger partial charge is 0.0137 e. The summed E-state index contributed by atoms with van der Waals surface area (Å²) in [6.45, 7) is 9.90. The molecule has 0 nitrogen and oxygen atoms in total. The minimum absolute atomic E-state index is 0.310.